The van der Waals surface area contributed by atoms with E-state index >= 15 is 0 Å². The molecule has 0 amide bonds. The number of nitrogens with one attached hydrogen (secondary N) is 2. The molecule has 0 saturated carbocycles. The number of hydrogen-bond acceptors (Lipinski definition) is 4. The summed E-state index contributed by atoms with van der Waals surface area (Å²) in [6, 6.07) is 1.93. The Morgan fingerprint density at radius 3 is 3.00 bits per heavy atom. The Labute approximate surface area is 119 Å². The molecule has 2 aromatic rings. The van der Waals surface area contributed by atoms with E-state index in [2.05, 4.69) is 36.4 Å². The molecular formula is C11H14BrClN4O. The Balaban J connectivity index is 0.00000120. The van der Waals surface area contributed by atoms with Crippen molar-refractivity contribution in [2.75, 3.05) is 13.1 Å². The number of H-pyrrole nitrogens is 1. The van der Waals surface area contributed by atoms with Gasteiger partial charge in [-0.2, -0.15) is 4.98 Å². The van der Waals surface area contributed by atoms with E-state index in [9.17, 15) is 0 Å². The molecule has 3 heterocycles. The SMILES string of the molecule is Brc1c[nH]c(-c2nc(C3CCCNC3)no2)c1.Cl. The van der Waals surface area contributed by atoms with E-state index in [0.29, 0.717) is 11.8 Å². The maximum atomic E-state index is 5.28. The third-order valence-corrected chi connectivity index (χ3v) is 3.44. The van der Waals surface area contributed by atoms with Crippen LogP contribution < -0.4 is 5.32 Å². The largest absolute Gasteiger partial charge is 0.356 e. The van der Waals surface area contributed by atoms with Crippen LogP contribution in [0, 0.1) is 0 Å². The Hall–Kier alpha value is -0.850. The lowest BCUT2D eigenvalue weighted by Crippen LogP contribution is -2.28. The first-order valence-corrected chi connectivity index (χ1v) is 6.51. The lowest BCUT2D eigenvalue weighted by molar-refractivity contribution is 0.392. The first-order chi connectivity index (χ1) is 8.33. The minimum absolute atomic E-state index is 0. The van der Waals surface area contributed by atoms with Gasteiger partial charge >= 0.3 is 0 Å². The van der Waals surface area contributed by atoms with Gasteiger partial charge < -0.3 is 14.8 Å². The average molecular weight is 334 g/mol. The van der Waals surface area contributed by atoms with Crippen molar-refractivity contribution in [2.45, 2.75) is 18.8 Å². The van der Waals surface area contributed by atoms with Crippen LogP contribution in [0.4, 0.5) is 0 Å². The number of nitrogens with zero attached hydrogens (tertiary/aromatic N) is 2. The lowest BCUT2D eigenvalue weighted by Gasteiger charge is -2.19. The van der Waals surface area contributed by atoms with E-state index in [0.717, 1.165) is 35.5 Å². The second kappa shape index (κ2) is 5.86. The molecule has 0 spiro atoms. The van der Waals surface area contributed by atoms with Crippen molar-refractivity contribution in [1.82, 2.24) is 20.4 Å². The van der Waals surface area contributed by atoms with Crippen molar-refractivity contribution in [3.8, 4) is 11.6 Å². The van der Waals surface area contributed by atoms with Crippen molar-refractivity contribution < 1.29 is 4.52 Å². The van der Waals surface area contributed by atoms with Crippen LogP contribution in [0.5, 0.6) is 0 Å². The Bertz CT molecular complexity index is 507. The fraction of sp³-hybridized carbons (Fsp3) is 0.455. The number of halogens is 2. The van der Waals surface area contributed by atoms with Gasteiger partial charge in [-0.1, -0.05) is 5.16 Å². The van der Waals surface area contributed by atoms with Gasteiger partial charge in [-0.15, -0.1) is 12.4 Å². The second-order valence-electron chi connectivity index (χ2n) is 4.23. The molecule has 98 valence electrons. The molecule has 1 unspecified atom stereocenters. The third-order valence-electron chi connectivity index (χ3n) is 2.98. The highest BCUT2D eigenvalue weighted by atomic mass is 79.9. The van der Waals surface area contributed by atoms with E-state index in [-0.39, 0.29) is 12.4 Å². The van der Waals surface area contributed by atoms with Gasteiger partial charge in [0.1, 0.15) is 5.69 Å². The highest BCUT2D eigenvalue weighted by Crippen LogP contribution is 2.25. The van der Waals surface area contributed by atoms with E-state index in [1.165, 1.54) is 6.42 Å². The van der Waals surface area contributed by atoms with Crippen molar-refractivity contribution in [3.05, 3.63) is 22.6 Å². The fourth-order valence-electron chi connectivity index (χ4n) is 2.07. The molecule has 5 nitrogen and oxygen atoms in total. The van der Waals surface area contributed by atoms with E-state index in [1.54, 1.807) is 0 Å². The summed E-state index contributed by atoms with van der Waals surface area (Å²) in [5.74, 6) is 1.73. The topological polar surface area (TPSA) is 66.7 Å². The molecule has 3 rings (SSSR count). The zero-order valence-electron chi connectivity index (χ0n) is 9.65. The van der Waals surface area contributed by atoms with Gasteiger partial charge in [0.2, 0.25) is 0 Å². The maximum Gasteiger partial charge on any atom is 0.274 e. The van der Waals surface area contributed by atoms with Crippen molar-refractivity contribution in [2.24, 2.45) is 0 Å². The van der Waals surface area contributed by atoms with E-state index in [4.69, 9.17) is 4.52 Å². The zero-order valence-corrected chi connectivity index (χ0v) is 12.1. The molecular weight excluding hydrogens is 320 g/mol. The Kier molecular flexibility index (Phi) is 4.42. The van der Waals surface area contributed by atoms with E-state index < -0.39 is 0 Å². The summed E-state index contributed by atoms with van der Waals surface area (Å²) < 4.78 is 6.25. The second-order valence-corrected chi connectivity index (χ2v) is 5.15. The predicted molar refractivity (Wildman–Crippen MR) is 73.9 cm³/mol. The van der Waals surface area contributed by atoms with Gasteiger partial charge in [0, 0.05) is 23.1 Å². The molecule has 0 radical (unpaired) electrons. The van der Waals surface area contributed by atoms with Gasteiger partial charge in [-0.3, -0.25) is 0 Å². The number of hydrogen-bond donors (Lipinski definition) is 2. The number of aromatic amines is 1. The fourth-order valence-corrected chi connectivity index (χ4v) is 2.42. The molecule has 2 aromatic heterocycles. The molecule has 0 aromatic carbocycles. The molecule has 7 heteroatoms. The molecule has 1 fully saturated rings. The molecule has 1 atom stereocenters. The minimum atomic E-state index is 0. The first-order valence-electron chi connectivity index (χ1n) is 5.71. The molecule has 2 N–H and O–H groups in total. The summed E-state index contributed by atoms with van der Waals surface area (Å²) in [6.45, 7) is 2.03. The molecule has 1 aliphatic heterocycles. The Morgan fingerprint density at radius 2 is 2.33 bits per heavy atom. The standard InChI is InChI=1S/C11H13BrN4O.ClH/c12-8-4-9(14-6-8)11-15-10(16-17-11)7-2-1-3-13-5-7;/h4,6-7,13-14H,1-3,5H2;1H. The minimum Gasteiger partial charge on any atom is -0.356 e. The monoisotopic (exact) mass is 332 g/mol. The maximum absolute atomic E-state index is 5.28. The summed E-state index contributed by atoms with van der Waals surface area (Å²) in [5.41, 5.74) is 0.847. The van der Waals surface area contributed by atoms with Crippen LogP contribution in [0.1, 0.15) is 24.6 Å². The molecule has 1 aliphatic rings. The van der Waals surface area contributed by atoms with Crippen LogP contribution in [0.25, 0.3) is 11.6 Å². The quantitative estimate of drug-likeness (QED) is 0.887. The molecule has 1 saturated heterocycles. The van der Waals surface area contributed by atoms with Gasteiger partial charge in [-0.25, -0.2) is 0 Å². The molecule has 0 aliphatic carbocycles. The molecule has 18 heavy (non-hydrogen) atoms. The van der Waals surface area contributed by atoms with Gasteiger partial charge in [0.15, 0.2) is 5.82 Å². The zero-order chi connectivity index (χ0) is 11.7. The summed E-state index contributed by atoms with van der Waals surface area (Å²) in [6.07, 6.45) is 4.14. The van der Waals surface area contributed by atoms with Crippen LogP contribution in [0.15, 0.2) is 21.3 Å². The van der Waals surface area contributed by atoms with Crippen LogP contribution in [0.3, 0.4) is 0 Å². The van der Waals surface area contributed by atoms with Crippen molar-refractivity contribution >= 4 is 28.3 Å². The summed E-state index contributed by atoms with van der Waals surface area (Å²) in [5, 5.41) is 7.41. The van der Waals surface area contributed by atoms with Crippen LogP contribution >= 0.6 is 28.3 Å². The smallest absolute Gasteiger partial charge is 0.274 e. The highest BCUT2D eigenvalue weighted by molar-refractivity contribution is 9.10. The first kappa shape index (κ1) is 13.6. The third kappa shape index (κ3) is 2.76. The summed E-state index contributed by atoms with van der Waals surface area (Å²) in [4.78, 5) is 7.53. The normalized spacial score (nSPS) is 19.5. The van der Waals surface area contributed by atoms with Gasteiger partial charge in [0.25, 0.3) is 5.89 Å². The number of rotatable bonds is 2. The molecule has 0 bridgehead atoms. The average Bonchev–Trinajstić information content (AvgIpc) is 2.98. The summed E-state index contributed by atoms with van der Waals surface area (Å²) >= 11 is 3.38. The van der Waals surface area contributed by atoms with Crippen LogP contribution in [-0.2, 0) is 0 Å². The number of piperidine rings is 1. The predicted octanol–water partition coefficient (Wildman–Crippen LogP) is 2.72. The van der Waals surface area contributed by atoms with Gasteiger partial charge in [-0.05, 0) is 41.4 Å². The van der Waals surface area contributed by atoms with Crippen LogP contribution in [-0.4, -0.2) is 28.2 Å². The lowest BCUT2D eigenvalue weighted by atomic mass is 9.99. The van der Waals surface area contributed by atoms with E-state index in [1.807, 2.05) is 12.3 Å². The van der Waals surface area contributed by atoms with Crippen LogP contribution in [0.2, 0.25) is 0 Å². The number of aromatic nitrogens is 3. The summed E-state index contributed by atoms with van der Waals surface area (Å²) in [7, 11) is 0. The van der Waals surface area contributed by atoms with Crippen molar-refractivity contribution in [1.29, 1.82) is 0 Å². The van der Waals surface area contributed by atoms with Gasteiger partial charge in [0.05, 0.1) is 0 Å². The van der Waals surface area contributed by atoms with Crippen molar-refractivity contribution in [3.63, 3.8) is 0 Å². The Morgan fingerprint density at radius 1 is 1.44 bits per heavy atom. The highest BCUT2D eigenvalue weighted by Gasteiger charge is 2.21.